The predicted molar refractivity (Wildman–Crippen MR) is 92.6 cm³/mol. The predicted octanol–water partition coefficient (Wildman–Crippen LogP) is 3.20. The molecule has 6 heteroatoms. The highest BCUT2D eigenvalue weighted by molar-refractivity contribution is 5.61. The van der Waals surface area contributed by atoms with Crippen LogP contribution in [0.5, 0.6) is 5.75 Å². The quantitative estimate of drug-likeness (QED) is 0.466. The molecule has 136 valence electrons. The summed E-state index contributed by atoms with van der Waals surface area (Å²) in [4.78, 5) is 0. The van der Waals surface area contributed by atoms with Gasteiger partial charge in [-0.05, 0) is 42.0 Å². The van der Waals surface area contributed by atoms with Crippen LogP contribution in [0.2, 0.25) is 0 Å². The van der Waals surface area contributed by atoms with Crippen molar-refractivity contribution < 1.29 is 24.2 Å². The molecule has 0 saturated heterocycles. The van der Waals surface area contributed by atoms with E-state index in [-0.39, 0.29) is 18.1 Å². The lowest BCUT2D eigenvalue weighted by atomic mass is 9.83. The molecule has 1 aliphatic heterocycles. The minimum absolute atomic E-state index is 0.158. The van der Waals surface area contributed by atoms with E-state index in [0.717, 1.165) is 29.7 Å². The van der Waals surface area contributed by atoms with Gasteiger partial charge >= 0.3 is 0 Å². The average Bonchev–Trinajstić information content (AvgIpc) is 3.07. The van der Waals surface area contributed by atoms with Crippen LogP contribution in [-0.2, 0) is 20.8 Å². The van der Waals surface area contributed by atoms with Gasteiger partial charge < -0.3 is 24.2 Å². The molecule has 1 aromatic rings. The SMILES string of the molecule is COc1ccc(COCC2=COC(OC)C3C(/C=N/O)CCC23)cc1. The maximum atomic E-state index is 8.89. The third-order valence-electron chi connectivity index (χ3n) is 5.10. The zero-order valence-corrected chi connectivity index (χ0v) is 14.6. The number of oxime groups is 1. The second-order valence-electron chi connectivity index (χ2n) is 6.46. The summed E-state index contributed by atoms with van der Waals surface area (Å²) in [5.74, 6) is 1.48. The lowest BCUT2D eigenvalue weighted by Gasteiger charge is -2.35. The Bertz CT molecular complexity index is 613. The molecule has 1 heterocycles. The fourth-order valence-electron chi connectivity index (χ4n) is 3.83. The molecule has 0 bridgehead atoms. The maximum absolute atomic E-state index is 8.89. The van der Waals surface area contributed by atoms with Crippen LogP contribution in [0, 0.1) is 17.8 Å². The molecule has 1 fully saturated rings. The van der Waals surface area contributed by atoms with Gasteiger partial charge in [-0.2, -0.15) is 0 Å². The van der Waals surface area contributed by atoms with Crippen LogP contribution in [-0.4, -0.2) is 38.5 Å². The zero-order valence-electron chi connectivity index (χ0n) is 14.6. The van der Waals surface area contributed by atoms with Crippen molar-refractivity contribution in [1.29, 1.82) is 0 Å². The van der Waals surface area contributed by atoms with Gasteiger partial charge in [0.15, 0.2) is 0 Å². The van der Waals surface area contributed by atoms with Gasteiger partial charge in [-0.1, -0.05) is 12.1 Å². The molecule has 6 nitrogen and oxygen atoms in total. The molecule has 1 aromatic carbocycles. The summed E-state index contributed by atoms with van der Waals surface area (Å²) in [6.45, 7) is 1.06. The molecule has 0 radical (unpaired) electrons. The standard InChI is InChI=1S/C19H25NO5/c1-22-16-6-3-13(4-7-16)10-24-11-15-12-25-19(23-2)18-14(9-20-21)5-8-17(15)18/h3-4,6-7,9,12,14,17-19,21H,5,8,10-11H2,1-2H3/b20-9+. The van der Waals surface area contributed by atoms with E-state index in [1.165, 1.54) is 0 Å². The van der Waals surface area contributed by atoms with E-state index < -0.39 is 0 Å². The Morgan fingerprint density at radius 3 is 2.68 bits per heavy atom. The topological polar surface area (TPSA) is 69.5 Å². The molecular formula is C19H25NO5. The molecule has 25 heavy (non-hydrogen) atoms. The smallest absolute Gasteiger partial charge is 0.202 e. The van der Waals surface area contributed by atoms with Crippen LogP contribution in [0.1, 0.15) is 18.4 Å². The van der Waals surface area contributed by atoms with Gasteiger partial charge in [0.25, 0.3) is 0 Å². The number of nitrogens with zero attached hydrogens (tertiary/aromatic N) is 1. The molecule has 1 aliphatic carbocycles. The van der Waals surface area contributed by atoms with Crippen molar-refractivity contribution in [3.8, 4) is 5.75 Å². The van der Waals surface area contributed by atoms with Crippen molar-refractivity contribution in [1.82, 2.24) is 0 Å². The van der Waals surface area contributed by atoms with Crippen molar-refractivity contribution >= 4 is 6.21 Å². The van der Waals surface area contributed by atoms with Crippen LogP contribution in [0.4, 0.5) is 0 Å². The number of methoxy groups -OCH3 is 2. The van der Waals surface area contributed by atoms with Crippen molar-refractivity contribution in [3.63, 3.8) is 0 Å². The van der Waals surface area contributed by atoms with E-state index in [4.69, 9.17) is 24.2 Å². The third-order valence-corrected chi connectivity index (χ3v) is 5.10. The van der Waals surface area contributed by atoms with Crippen molar-refractivity contribution in [2.45, 2.75) is 25.7 Å². The highest BCUT2D eigenvalue weighted by Crippen LogP contribution is 2.46. The first-order valence-corrected chi connectivity index (χ1v) is 8.52. The number of benzene rings is 1. The Labute approximate surface area is 148 Å². The second-order valence-corrected chi connectivity index (χ2v) is 6.46. The van der Waals surface area contributed by atoms with Gasteiger partial charge in [0, 0.05) is 25.2 Å². The highest BCUT2D eigenvalue weighted by atomic mass is 16.7. The van der Waals surface area contributed by atoms with E-state index in [1.807, 2.05) is 24.3 Å². The maximum Gasteiger partial charge on any atom is 0.202 e. The molecule has 4 atom stereocenters. The lowest BCUT2D eigenvalue weighted by Crippen LogP contribution is -2.37. The highest BCUT2D eigenvalue weighted by Gasteiger charge is 2.45. The van der Waals surface area contributed by atoms with Gasteiger partial charge in [0.05, 0.1) is 26.6 Å². The van der Waals surface area contributed by atoms with E-state index in [1.54, 1.807) is 26.7 Å². The fraction of sp³-hybridized carbons (Fsp3) is 0.526. The Balaban J connectivity index is 1.59. The van der Waals surface area contributed by atoms with Crippen LogP contribution < -0.4 is 4.74 Å². The van der Waals surface area contributed by atoms with Gasteiger partial charge in [0.2, 0.25) is 6.29 Å². The second kappa shape index (κ2) is 8.36. The Morgan fingerprint density at radius 2 is 2.00 bits per heavy atom. The number of rotatable bonds is 7. The van der Waals surface area contributed by atoms with Gasteiger partial charge in [-0.3, -0.25) is 0 Å². The molecule has 3 rings (SSSR count). The van der Waals surface area contributed by atoms with Crippen molar-refractivity contribution in [2.75, 3.05) is 20.8 Å². The molecule has 1 saturated carbocycles. The molecule has 0 spiro atoms. The van der Waals surface area contributed by atoms with E-state index >= 15 is 0 Å². The Kier molecular flexibility index (Phi) is 5.94. The molecule has 0 aromatic heterocycles. The summed E-state index contributed by atoms with van der Waals surface area (Å²) in [5, 5.41) is 12.1. The minimum Gasteiger partial charge on any atom is -0.497 e. The van der Waals surface area contributed by atoms with E-state index in [0.29, 0.717) is 19.1 Å². The van der Waals surface area contributed by atoms with Crippen LogP contribution in [0.25, 0.3) is 0 Å². The van der Waals surface area contributed by atoms with Gasteiger partial charge in [0.1, 0.15) is 5.75 Å². The summed E-state index contributed by atoms with van der Waals surface area (Å²) in [5.41, 5.74) is 2.24. The van der Waals surface area contributed by atoms with E-state index in [2.05, 4.69) is 5.16 Å². The number of hydrogen-bond acceptors (Lipinski definition) is 6. The van der Waals surface area contributed by atoms with Crippen molar-refractivity contribution in [2.24, 2.45) is 22.9 Å². The van der Waals surface area contributed by atoms with Crippen LogP contribution in [0.3, 0.4) is 0 Å². The lowest BCUT2D eigenvalue weighted by molar-refractivity contribution is -0.142. The minimum atomic E-state index is -0.305. The first-order chi connectivity index (χ1) is 12.3. The van der Waals surface area contributed by atoms with Crippen molar-refractivity contribution in [3.05, 3.63) is 41.7 Å². The first kappa shape index (κ1) is 17.8. The summed E-state index contributed by atoms with van der Waals surface area (Å²) in [7, 11) is 3.30. The third kappa shape index (κ3) is 3.96. The molecule has 4 unspecified atom stereocenters. The Morgan fingerprint density at radius 1 is 1.20 bits per heavy atom. The molecule has 2 aliphatic rings. The summed E-state index contributed by atoms with van der Waals surface area (Å²) in [6, 6.07) is 7.85. The van der Waals surface area contributed by atoms with Crippen LogP contribution >= 0.6 is 0 Å². The van der Waals surface area contributed by atoms with Crippen LogP contribution in [0.15, 0.2) is 41.3 Å². The zero-order chi connectivity index (χ0) is 17.6. The van der Waals surface area contributed by atoms with E-state index in [9.17, 15) is 0 Å². The summed E-state index contributed by atoms with van der Waals surface area (Å²) in [6.07, 6.45) is 5.05. The van der Waals surface area contributed by atoms with Gasteiger partial charge in [-0.15, -0.1) is 5.16 Å². The number of hydrogen-bond donors (Lipinski definition) is 1. The molecule has 0 amide bonds. The normalized spacial score (nSPS) is 28.5. The first-order valence-electron chi connectivity index (χ1n) is 8.52. The average molecular weight is 347 g/mol. The molecular weight excluding hydrogens is 322 g/mol. The fourth-order valence-corrected chi connectivity index (χ4v) is 3.83. The summed E-state index contributed by atoms with van der Waals surface area (Å²) < 4.78 is 22.3. The molecule has 1 N–H and O–H groups in total. The van der Waals surface area contributed by atoms with Gasteiger partial charge in [-0.25, -0.2) is 0 Å². The summed E-state index contributed by atoms with van der Waals surface area (Å²) >= 11 is 0. The monoisotopic (exact) mass is 347 g/mol. The largest absolute Gasteiger partial charge is 0.497 e. The number of ether oxygens (including phenoxy) is 4. The number of fused-ring (bicyclic) bond motifs is 1. The Hall–Kier alpha value is -2.05.